The van der Waals surface area contributed by atoms with Crippen LogP contribution in [-0.2, 0) is 11.2 Å². The number of primary amides is 1. The first-order chi connectivity index (χ1) is 9.63. The number of nitrogens with two attached hydrogens (primary N) is 1. The van der Waals surface area contributed by atoms with Gasteiger partial charge < -0.3 is 15.2 Å². The summed E-state index contributed by atoms with van der Waals surface area (Å²) in [7, 11) is 0. The molecule has 0 atom stereocenters. The number of fused-ring (bicyclic) bond motifs is 1. The third-order valence-electron chi connectivity index (χ3n) is 2.95. The fourth-order valence-electron chi connectivity index (χ4n) is 2.15. The smallest absolute Gasteiger partial charge is 0.221 e. The average Bonchev–Trinajstić information content (AvgIpc) is 2.39. The van der Waals surface area contributed by atoms with Gasteiger partial charge in [0.15, 0.2) is 11.5 Å². The molecule has 0 aliphatic heterocycles. The second-order valence-corrected chi connectivity index (χ2v) is 4.49. The van der Waals surface area contributed by atoms with Crippen molar-refractivity contribution in [1.29, 1.82) is 0 Å². The van der Waals surface area contributed by atoms with Crippen molar-refractivity contribution in [2.45, 2.75) is 20.3 Å². The molecule has 2 N–H and O–H groups in total. The Balaban J connectivity index is 2.46. The molecule has 2 rings (SSSR count). The summed E-state index contributed by atoms with van der Waals surface area (Å²) < 4.78 is 11.2. The van der Waals surface area contributed by atoms with Gasteiger partial charge in [-0.15, -0.1) is 0 Å². The van der Waals surface area contributed by atoms with Gasteiger partial charge in [0, 0.05) is 0 Å². The number of amides is 1. The predicted octanol–water partition coefficient (Wildman–Crippen LogP) is 2.67. The molecule has 0 fully saturated rings. The summed E-state index contributed by atoms with van der Waals surface area (Å²) in [5.41, 5.74) is 6.13. The lowest BCUT2D eigenvalue weighted by molar-refractivity contribution is -0.117. The zero-order chi connectivity index (χ0) is 14.5. The zero-order valence-electron chi connectivity index (χ0n) is 11.8. The van der Waals surface area contributed by atoms with Crippen molar-refractivity contribution in [1.82, 2.24) is 0 Å². The van der Waals surface area contributed by atoms with Crippen LogP contribution in [0.3, 0.4) is 0 Å². The van der Waals surface area contributed by atoms with E-state index in [2.05, 4.69) is 0 Å². The van der Waals surface area contributed by atoms with E-state index in [1.807, 2.05) is 44.2 Å². The van der Waals surface area contributed by atoms with Crippen LogP contribution < -0.4 is 15.2 Å². The zero-order valence-corrected chi connectivity index (χ0v) is 11.8. The van der Waals surface area contributed by atoms with E-state index in [0.29, 0.717) is 13.2 Å². The molecule has 2 aromatic carbocycles. The minimum absolute atomic E-state index is 0.243. The summed E-state index contributed by atoms with van der Waals surface area (Å²) in [6.07, 6.45) is 0.243. The molecular weight excluding hydrogens is 254 g/mol. The quantitative estimate of drug-likeness (QED) is 0.880. The van der Waals surface area contributed by atoms with E-state index < -0.39 is 0 Å². The van der Waals surface area contributed by atoms with Crippen LogP contribution in [0.4, 0.5) is 0 Å². The second-order valence-electron chi connectivity index (χ2n) is 4.49. The molecule has 0 aromatic heterocycles. The van der Waals surface area contributed by atoms with Gasteiger partial charge in [-0.3, -0.25) is 4.79 Å². The Morgan fingerprint density at radius 2 is 1.60 bits per heavy atom. The van der Waals surface area contributed by atoms with E-state index >= 15 is 0 Å². The molecule has 0 unspecified atom stereocenters. The fraction of sp³-hybridized carbons (Fsp3) is 0.312. The number of ether oxygens (including phenoxy) is 2. The van der Waals surface area contributed by atoms with Gasteiger partial charge in [0.2, 0.25) is 5.91 Å². The van der Waals surface area contributed by atoms with Gasteiger partial charge in [0.25, 0.3) is 0 Å². The Bertz CT molecular complexity index is 622. The van der Waals surface area contributed by atoms with Crippen molar-refractivity contribution in [3.63, 3.8) is 0 Å². The predicted molar refractivity (Wildman–Crippen MR) is 79.2 cm³/mol. The molecule has 106 valence electrons. The Labute approximate surface area is 118 Å². The maximum atomic E-state index is 11.0. The first kappa shape index (κ1) is 14.2. The van der Waals surface area contributed by atoms with E-state index in [1.165, 1.54) is 0 Å². The van der Waals surface area contributed by atoms with Gasteiger partial charge in [-0.2, -0.15) is 0 Å². The number of hydrogen-bond acceptors (Lipinski definition) is 3. The number of hydrogen-bond donors (Lipinski definition) is 1. The second kappa shape index (κ2) is 6.28. The van der Waals surface area contributed by atoms with Crippen molar-refractivity contribution >= 4 is 16.7 Å². The molecule has 4 nitrogen and oxygen atoms in total. The van der Waals surface area contributed by atoms with E-state index in [1.54, 1.807) is 0 Å². The standard InChI is InChI=1S/C16H19NO3/c1-3-19-14-9-12-6-5-11(8-16(17)18)7-13(12)10-15(14)20-4-2/h5-7,9-10H,3-4,8H2,1-2H3,(H2,17,18). The lowest BCUT2D eigenvalue weighted by Crippen LogP contribution is -2.13. The van der Waals surface area contributed by atoms with Crippen LogP contribution in [-0.4, -0.2) is 19.1 Å². The summed E-state index contributed by atoms with van der Waals surface area (Å²) in [5.74, 6) is 1.13. The van der Waals surface area contributed by atoms with Crippen molar-refractivity contribution < 1.29 is 14.3 Å². The number of carbonyl (C=O) groups is 1. The van der Waals surface area contributed by atoms with Crippen LogP contribution in [0.25, 0.3) is 10.8 Å². The highest BCUT2D eigenvalue weighted by atomic mass is 16.5. The lowest BCUT2D eigenvalue weighted by Gasteiger charge is -2.12. The number of benzene rings is 2. The Kier molecular flexibility index (Phi) is 4.45. The van der Waals surface area contributed by atoms with Gasteiger partial charge in [-0.05, 0) is 42.3 Å². The average molecular weight is 273 g/mol. The van der Waals surface area contributed by atoms with Crippen LogP contribution in [0, 0.1) is 0 Å². The van der Waals surface area contributed by atoms with Crippen molar-refractivity contribution in [2.75, 3.05) is 13.2 Å². The number of rotatable bonds is 6. The summed E-state index contributed by atoms with van der Waals surface area (Å²) in [5, 5.41) is 2.06. The van der Waals surface area contributed by atoms with Gasteiger partial charge in [-0.1, -0.05) is 18.2 Å². The van der Waals surface area contributed by atoms with Crippen LogP contribution in [0.15, 0.2) is 30.3 Å². The highest BCUT2D eigenvalue weighted by Gasteiger charge is 2.08. The van der Waals surface area contributed by atoms with Crippen LogP contribution >= 0.6 is 0 Å². The van der Waals surface area contributed by atoms with Gasteiger partial charge in [-0.25, -0.2) is 0 Å². The van der Waals surface area contributed by atoms with Crippen molar-refractivity contribution in [3.8, 4) is 11.5 Å². The van der Waals surface area contributed by atoms with Crippen LogP contribution in [0.5, 0.6) is 11.5 Å². The molecule has 0 saturated heterocycles. The third kappa shape index (κ3) is 3.20. The van der Waals surface area contributed by atoms with E-state index in [0.717, 1.165) is 27.8 Å². The Morgan fingerprint density at radius 1 is 1.00 bits per heavy atom. The molecule has 1 amide bonds. The topological polar surface area (TPSA) is 61.5 Å². The summed E-state index contributed by atoms with van der Waals surface area (Å²) in [6.45, 7) is 5.04. The largest absolute Gasteiger partial charge is 0.490 e. The molecule has 0 saturated carbocycles. The minimum atomic E-state index is -0.333. The van der Waals surface area contributed by atoms with Gasteiger partial charge in [0.1, 0.15) is 0 Å². The third-order valence-corrected chi connectivity index (χ3v) is 2.95. The van der Waals surface area contributed by atoms with E-state index in [4.69, 9.17) is 15.2 Å². The molecular formula is C16H19NO3. The molecule has 2 aromatic rings. The molecule has 0 aliphatic rings. The molecule has 0 heterocycles. The SMILES string of the molecule is CCOc1cc2ccc(CC(N)=O)cc2cc1OCC. The molecule has 4 heteroatoms. The summed E-state index contributed by atoms with van der Waals surface area (Å²) in [4.78, 5) is 11.0. The summed E-state index contributed by atoms with van der Waals surface area (Å²) in [6, 6.07) is 9.72. The van der Waals surface area contributed by atoms with Crippen molar-refractivity contribution in [3.05, 3.63) is 35.9 Å². The Morgan fingerprint density at radius 3 is 2.15 bits per heavy atom. The van der Waals surface area contributed by atoms with Gasteiger partial charge >= 0.3 is 0 Å². The maximum Gasteiger partial charge on any atom is 0.221 e. The highest BCUT2D eigenvalue weighted by Crippen LogP contribution is 2.33. The van der Waals surface area contributed by atoms with Gasteiger partial charge in [0.05, 0.1) is 19.6 Å². The minimum Gasteiger partial charge on any atom is -0.490 e. The lowest BCUT2D eigenvalue weighted by atomic mass is 10.0. The van der Waals surface area contributed by atoms with E-state index in [9.17, 15) is 4.79 Å². The molecule has 0 spiro atoms. The molecule has 0 radical (unpaired) electrons. The first-order valence-corrected chi connectivity index (χ1v) is 6.74. The first-order valence-electron chi connectivity index (χ1n) is 6.74. The highest BCUT2D eigenvalue weighted by molar-refractivity contribution is 5.88. The molecule has 0 aliphatic carbocycles. The maximum absolute atomic E-state index is 11.0. The van der Waals surface area contributed by atoms with Crippen molar-refractivity contribution in [2.24, 2.45) is 5.73 Å². The summed E-state index contributed by atoms with van der Waals surface area (Å²) >= 11 is 0. The van der Waals surface area contributed by atoms with Crippen LogP contribution in [0.1, 0.15) is 19.4 Å². The molecule has 20 heavy (non-hydrogen) atoms. The fourth-order valence-corrected chi connectivity index (χ4v) is 2.15. The van der Waals surface area contributed by atoms with Crippen LogP contribution in [0.2, 0.25) is 0 Å². The Hall–Kier alpha value is -2.23. The monoisotopic (exact) mass is 273 g/mol. The van der Waals surface area contributed by atoms with E-state index in [-0.39, 0.29) is 12.3 Å². The number of carbonyl (C=O) groups excluding carboxylic acids is 1. The molecule has 0 bridgehead atoms. The normalized spacial score (nSPS) is 10.5.